The summed E-state index contributed by atoms with van der Waals surface area (Å²) in [6, 6.07) is 6.71. The van der Waals surface area contributed by atoms with Crippen molar-refractivity contribution in [1.82, 2.24) is 0 Å². The molecule has 2 N–H and O–H groups in total. The van der Waals surface area contributed by atoms with Gasteiger partial charge in [0.2, 0.25) is 0 Å². The monoisotopic (exact) mass is 237 g/mol. The molecule has 1 unspecified atom stereocenters. The molecule has 0 saturated carbocycles. The molecule has 16 heavy (non-hydrogen) atoms. The van der Waals surface area contributed by atoms with Crippen molar-refractivity contribution in [2.75, 3.05) is 6.54 Å². The highest BCUT2D eigenvalue weighted by Gasteiger charge is 2.10. The summed E-state index contributed by atoms with van der Waals surface area (Å²) < 4.78 is 0. The summed E-state index contributed by atoms with van der Waals surface area (Å²) in [5.74, 6) is 0.716. The molecule has 0 aliphatic carbocycles. The van der Waals surface area contributed by atoms with Gasteiger partial charge in [0, 0.05) is 10.1 Å². The van der Waals surface area contributed by atoms with Crippen LogP contribution in [0.1, 0.15) is 31.9 Å². The molecule has 0 heterocycles. The third-order valence-electron chi connectivity index (χ3n) is 2.92. The van der Waals surface area contributed by atoms with Gasteiger partial charge in [-0.1, -0.05) is 32.9 Å². The van der Waals surface area contributed by atoms with Crippen molar-refractivity contribution in [1.29, 1.82) is 0 Å². The number of hydrogen-bond acceptors (Lipinski definition) is 2. The SMILES string of the molecule is Cc1cc(CCN)ccc1SC(C)C(C)C. The van der Waals surface area contributed by atoms with Gasteiger partial charge in [0.1, 0.15) is 0 Å². The van der Waals surface area contributed by atoms with Crippen molar-refractivity contribution in [3.63, 3.8) is 0 Å². The van der Waals surface area contributed by atoms with Crippen LogP contribution >= 0.6 is 11.8 Å². The van der Waals surface area contributed by atoms with E-state index in [1.54, 1.807) is 0 Å². The van der Waals surface area contributed by atoms with E-state index in [2.05, 4.69) is 45.9 Å². The van der Waals surface area contributed by atoms with Crippen LogP contribution in [-0.2, 0) is 6.42 Å². The van der Waals surface area contributed by atoms with Crippen LogP contribution < -0.4 is 5.73 Å². The molecule has 0 aliphatic rings. The third-order valence-corrected chi connectivity index (χ3v) is 4.55. The lowest BCUT2D eigenvalue weighted by atomic mass is 10.1. The van der Waals surface area contributed by atoms with Gasteiger partial charge in [-0.05, 0) is 43.0 Å². The Morgan fingerprint density at radius 3 is 2.44 bits per heavy atom. The smallest absolute Gasteiger partial charge is 0.0104 e. The largest absolute Gasteiger partial charge is 0.330 e. The molecular formula is C14H23NS. The highest BCUT2D eigenvalue weighted by Crippen LogP contribution is 2.30. The maximum Gasteiger partial charge on any atom is 0.0104 e. The van der Waals surface area contributed by atoms with Crippen LogP contribution in [-0.4, -0.2) is 11.8 Å². The lowest BCUT2D eigenvalue weighted by molar-refractivity contribution is 0.642. The summed E-state index contributed by atoms with van der Waals surface area (Å²) in [6.45, 7) is 9.76. The summed E-state index contributed by atoms with van der Waals surface area (Å²) in [4.78, 5) is 1.40. The highest BCUT2D eigenvalue weighted by atomic mass is 32.2. The van der Waals surface area contributed by atoms with Gasteiger partial charge in [0.05, 0.1) is 0 Å². The molecule has 0 bridgehead atoms. The number of aryl methyl sites for hydroxylation is 1. The Labute approximate surface area is 104 Å². The molecule has 1 aromatic carbocycles. The third kappa shape index (κ3) is 3.84. The Morgan fingerprint density at radius 2 is 1.94 bits per heavy atom. The molecule has 1 nitrogen and oxygen atoms in total. The molecule has 90 valence electrons. The molecule has 0 fully saturated rings. The molecule has 1 rings (SSSR count). The van der Waals surface area contributed by atoms with Crippen molar-refractivity contribution in [3.8, 4) is 0 Å². The number of benzene rings is 1. The van der Waals surface area contributed by atoms with E-state index >= 15 is 0 Å². The van der Waals surface area contributed by atoms with E-state index in [1.807, 2.05) is 11.8 Å². The lowest BCUT2D eigenvalue weighted by Gasteiger charge is -2.16. The Balaban J connectivity index is 2.75. The predicted molar refractivity (Wildman–Crippen MR) is 74.1 cm³/mol. The second kappa shape index (κ2) is 6.31. The van der Waals surface area contributed by atoms with Crippen molar-refractivity contribution < 1.29 is 0 Å². The predicted octanol–water partition coefficient (Wildman–Crippen LogP) is 3.63. The van der Waals surface area contributed by atoms with Gasteiger partial charge in [-0.25, -0.2) is 0 Å². The fourth-order valence-electron chi connectivity index (χ4n) is 1.50. The Hall–Kier alpha value is -0.470. The number of rotatable bonds is 5. The minimum absolute atomic E-state index is 0.666. The van der Waals surface area contributed by atoms with Crippen molar-refractivity contribution >= 4 is 11.8 Å². The Morgan fingerprint density at radius 1 is 1.25 bits per heavy atom. The zero-order chi connectivity index (χ0) is 12.1. The van der Waals surface area contributed by atoms with Gasteiger partial charge >= 0.3 is 0 Å². The maximum absolute atomic E-state index is 5.56. The summed E-state index contributed by atoms with van der Waals surface area (Å²) in [5, 5.41) is 0.666. The van der Waals surface area contributed by atoms with Gasteiger partial charge in [-0.3, -0.25) is 0 Å². The number of hydrogen-bond donors (Lipinski definition) is 1. The summed E-state index contributed by atoms with van der Waals surface area (Å²) in [6.07, 6.45) is 0.978. The zero-order valence-electron chi connectivity index (χ0n) is 10.8. The van der Waals surface area contributed by atoms with Gasteiger partial charge in [0.25, 0.3) is 0 Å². The average Bonchev–Trinajstić information content (AvgIpc) is 2.22. The molecule has 0 spiro atoms. The van der Waals surface area contributed by atoms with Crippen LogP contribution in [0.15, 0.2) is 23.1 Å². The van der Waals surface area contributed by atoms with E-state index in [1.165, 1.54) is 16.0 Å². The van der Waals surface area contributed by atoms with Crippen LogP contribution in [0.2, 0.25) is 0 Å². The van der Waals surface area contributed by atoms with E-state index in [0.717, 1.165) is 13.0 Å². The van der Waals surface area contributed by atoms with E-state index in [0.29, 0.717) is 11.2 Å². The molecule has 0 aliphatic heterocycles. The molecule has 0 saturated heterocycles. The van der Waals surface area contributed by atoms with Crippen molar-refractivity contribution in [2.45, 2.75) is 44.3 Å². The molecule has 0 radical (unpaired) electrons. The van der Waals surface area contributed by atoms with Crippen LogP contribution in [0.5, 0.6) is 0 Å². The molecule has 2 heteroatoms. The fraction of sp³-hybridized carbons (Fsp3) is 0.571. The van der Waals surface area contributed by atoms with Gasteiger partial charge in [-0.15, -0.1) is 11.8 Å². The molecular weight excluding hydrogens is 214 g/mol. The summed E-state index contributed by atoms with van der Waals surface area (Å²) in [7, 11) is 0. The van der Waals surface area contributed by atoms with Gasteiger partial charge in [0.15, 0.2) is 0 Å². The van der Waals surface area contributed by atoms with Crippen LogP contribution in [0.25, 0.3) is 0 Å². The van der Waals surface area contributed by atoms with E-state index in [-0.39, 0.29) is 0 Å². The quantitative estimate of drug-likeness (QED) is 0.791. The van der Waals surface area contributed by atoms with Crippen molar-refractivity contribution in [2.24, 2.45) is 11.7 Å². The van der Waals surface area contributed by atoms with E-state index < -0.39 is 0 Å². The maximum atomic E-state index is 5.56. The molecule has 1 aromatic rings. The average molecular weight is 237 g/mol. The minimum Gasteiger partial charge on any atom is -0.330 e. The topological polar surface area (TPSA) is 26.0 Å². The first-order valence-electron chi connectivity index (χ1n) is 6.01. The second-order valence-electron chi connectivity index (χ2n) is 4.71. The first-order valence-corrected chi connectivity index (χ1v) is 6.88. The first kappa shape index (κ1) is 13.6. The van der Waals surface area contributed by atoms with Crippen LogP contribution in [0.4, 0.5) is 0 Å². The van der Waals surface area contributed by atoms with Gasteiger partial charge < -0.3 is 5.73 Å². The van der Waals surface area contributed by atoms with Crippen LogP contribution in [0, 0.1) is 12.8 Å². The second-order valence-corrected chi connectivity index (χ2v) is 6.12. The Bertz CT molecular complexity index is 334. The minimum atomic E-state index is 0.666. The summed E-state index contributed by atoms with van der Waals surface area (Å²) >= 11 is 1.97. The first-order chi connectivity index (χ1) is 7.54. The Kier molecular flexibility index (Phi) is 5.36. The fourth-order valence-corrected chi connectivity index (χ4v) is 2.57. The van der Waals surface area contributed by atoms with E-state index in [9.17, 15) is 0 Å². The molecule has 1 atom stereocenters. The van der Waals surface area contributed by atoms with Crippen molar-refractivity contribution in [3.05, 3.63) is 29.3 Å². The molecule has 0 aromatic heterocycles. The normalized spacial score (nSPS) is 13.1. The standard InChI is InChI=1S/C14H23NS/c1-10(2)12(4)16-14-6-5-13(7-8-15)9-11(14)3/h5-6,9-10,12H,7-8,15H2,1-4H3. The van der Waals surface area contributed by atoms with Crippen LogP contribution in [0.3, 0.4) is 0 Å². The summed E-state index contributed by atoms with van der Waals surface area (Å²) in [5.41, 5.74) is 8.29. The molecule has 0 amide bonds. The number of thioether (sulfide) groups is 1. The lowest BCUT2D eigenvalue weighted by Crippen LogP contribution is -2.06. The van der Waals surface area contributed by atoms with E-state index in [4.69, 9.17) is 5.73 Å². The number of nitrogens with two attached hydrogens (primary N) is 1. The van der Waals surface area contributed by atoms with Gasteiger partial charge in [-0.2, -0.15) is 0 Å². The zero-order valence-corrected chi connectivity index (χ0v) is 11.6. The highest BCUT2D eigenvalue weighted by molar-refractivity contribution is 8.00.